The first kappa shape index (κ1) is 13.4. The van der Waals surface area contributed by atoms with Crippen LogP contribution in [0.25, 0.3) is 4.96 Å². The van der Waals surface area contributed by atoms with E-state index >= 15 is 0 Å². The van der Waals surface area contributed by atoms with Crippen molar-refractivity contribution in [2.24, 2.45) is 0 Å². The molecule has 0 atom stereocenters. The van der Waals surface area contributed by atoms with Crippen LogP contribution in [0.5, 0.6) is 0 Å². The van der Waals surface area contributed by atoms with Crippen LogP contribution in [0.2, 0.25) is 10.0 Å². The summed E-state index contributed by atoms with van der Waals surface area (Å²) in [5.74, 6) is -0.357. The molecule has 0 aliphatic rings. The number of hydrogen-bond donors (Lipinski definition) is 1. The van der Waals surface area contributed by atoms with Crippen molar-refractivity contribution < 1.29 is 4.79 Å². The smallest absolute Gasteiger partial charge is 0.276 e. The number of carbonyl (C=O) groups excluding carboxylic acids is 1. The van der Waals surface area contributed by atoms with E-state index in [1.54, 1.807) is 28.9 Å². The number of fused-ring (bicyclic) bond motifs is 1. The van der Waals surface area contributed by atoms with Crippen LogP contribution in [-0.2, 0) is 0 Å². The van der Waals surface area contributed by atoms with Crippen molar-refractivity contribution in [3.8, 4) is 0 Å². The van der Waals surface area contributed by atoms with Crippen molar-refractivity contribution in [2.75, 3.05) is 5.32 Å². The molecule has 0 aliphatic heterocycles. The fraction of sp³-hybridized carbons (Fsp3) is 0.0833. The van der Waals surface area contributed by atoms with Gasteiger partial charge in [0.25, 0.3) is 5.91 Å². The molecule has 0 spiro atoms. The molecule has 1 amide bonds. The zero-order valence-corrected chi connectivity index (χ0v) is 12.6. The van der Waals surface area contributed by atoms with Gasteiger partial charge in [-0.1, -0.05) is 34.5 Å². The molecule has 0 aliphatic carbocycles. The van der Waals surface area contributed by atoms with E-state index in [1.165, 1.54) is 11.3 Å². The number of imidazole rings is 1. The molecular formula is C12H8Cl2N4OS. The van der Waals surface area contributed by atoms with Crippen LogP contribution >= 0.6 is 34.5 Å². The molecular weight excluding hydrogens is 319 g/mol. The van der Waals surface area contributed by atoms with E-state index in [1.807, 2.05) is 6.92 Å². The Morgan fingerprint density at radius 1 is 1.40 bits per heavy atom. The molecule has 0 unspecified atom stereocenters. The highest BCUT2D eigenvalue weighted by molar-refractivity contribution is 7.16. The first-order valence-corrected chi connectivity index (χ1v) is 7.19. The molecule has 20 heavy (non-hydrogen) atoms. The van der Waals surface area contributed by atoms with Gasteiger partial charge in [-0.2, -0.15) is 5.10 Å². The van der Waals surface area contributed by atoms with Crippen molar-refractivity contribution in [2.45, 2.75) is 6.92 Å². The standard InChI is InChI=1S/C12H8Cl2N4OS/c1-6-17-18-5-10(16-12(18)20-6)11(19)15-9-4-7(13)2-3-8(9)14/h2-5H,1H3,(H,15,19). The topological polar surface area (TPSA) is 59.3 Å². The summed E-state index contributed by atoms with van der Waals surface area (Å²) in [4.78, 5) is 17.0. The van der Waals surface area contributed by atoms with Crippen molar-refractivity contribution in [3.63, 3.8) is 0 Å². The highest BCUT2D eigenvalue weighted by Crippen LogP contribution is 2.26. The number of amides is 1. The van der Waals surface area contributed by atoms with Gasteiger partial charge in [-0.25, -0.2) is 9.50 Å². The minimum Gasteiger partial charge on any atom is -0.319 e. The third-order valence-electron chi connectivity index (χ3n) is 2.55. The van der Waals surface area contributed by atoms with Crippen LogP contribution in [0, 0.1) is 6.92 Å². The summed E-state index contributed by atoms with van der Waals surface area (Å²) in [5, 5.41) is 8.67. The Balaban J connectivity index is 1.88. The number of rotatable bonds is 2. The second-order valence-electron chi connectivity index (χ2n) is 4.05. The zero-order chi connectivity index (χ0) is 14.3. The molecule has 5 nitrogen and oxygen atoms in total. The Kier molecular flexibility index (Phi) is 3.37. The monoisotopic (exact) mass is 326 g/mol. The number of aryl methyl sites for hydroxylation is 1. The van der Waals surface area contributed by atoms with E-state index < -0.39 is 0 Å². The molecule has 102 valence electrons. The van der Waals surface area contributed by atoms with Crippen molar-refractivity contribution >= 4 is 51.1 Å². The highest BCUT2D eigenvalue weighted by Gasteiger charge is 2.14. The summed E-state index contributed by atoms with van der Waals surface area (Å²) in [6, 6.07) is 4.86. The molecule has 0 radical (unpaired) electrons. The Hall–Kier alpha value is -1.63. The first-order chi connectivity index (χ1) is 9.52. The third-order valence-corrected chi connectivity index (χ3v) is 3.96. The van der Waals surface area contributed by atoms with Gasteiger partial charge in [0.15, 0.2) is 0 Å². The predicted octanol–water partition coefficient (Wildman–Crippen LogP) is 3.66. The van der Waals surface area contributed by atoms with Gasteiger partial charge in [0, 0.05) is 5.02 Å². The molecule has 0 fully saturated rings. The van der Waals surface area contributed by atoms with Gasteiger partial charge in [0.05, 0.1) is 16.9 Å². The molecule has 8 heteroatoms. The lowest BCUT2D eigenvalue weighted by Crippen LogP contribution is -2.12. The maximum atomic E-state index is 12.1. The zero-order valence-electron chi connectivity index (χ0n) is 10.2. The Morgan fingerprint density at radius 2 is 2.20 bits per heavy atom. The highest BCUT2D eigenvalue weighted by atomic mass is 35.5. The fourth-order valence-corrected chi connectivity index (χ4v) is 2.75. The number of carbonyl (C=O) groups is 1. The van der Waals surface area contributed by atoms with E-state index in [0.717, 1.165) is 5.01 Å². The van der Waals surface area contributed by atoms with E-state index in [2.05, 4.69) is 15.4 Å². The van der Waals surface area contributed by atoms with Crippen molar-refractivity contribution in [3.05, 3.63) is 45.1 Å². The molecule has 0 saturated heterocycles. The number of aromatic nitrogens is 3. The average molecular weight is 327 g/mol. The normalized spacial score (nSPS) is 10.9. The largest absolute Gasteiger partial charge is 0.319 e. The van der Waals surface area contributed by atoms with E-state index in [-0.39, 0.29) is 11.6 Å². The summed E-state index contributed by atoms with van der Waals surface area (Å²) in [6.07, 6.45) is 1.58. The lowest BCUT2D eigenvalue weighted by Gasteiger charge is -2.05. The molecule has 2 aromatic heterocycles. The lowest BCUT2D eigenvalue weighted by molar-refractivity contribution is 0.102. The summed E-state index contributed by atoms with van der Waals surface area (Å²) in [6.45, 7) is 1.88. The van der Waals surface area contributed by atoms with Crippen LogP contribution in [0.1, 0.15) is 15.5 Å². The molecule has 1 aromatic carbocycles. The summed E-state index contributed by atoms with van der Waals surface area (Å²) < 4.78 is 1.58. The SMILES string of the molecule is Cc1nn2cc(C(=O)Nc3cc(Cl)ccc3Cl)nc2s1. The van der Waals surface area contributed by atoms with Crippen LogP contribution in [0.4, 0.5) is 5.69 Å². The fourth-order valence-electron chi connectivity index (χ4n) is 1.69. The van der Waals surface area contributed by atoms with Crippen LogP contribution in [0.15, 0.2) is 24.4 Å². The molecule has 2 heterocycles. The number of hydrogen-bond acceptors (Lipinski definition) is 4. The second kappa shape index (κ2) is 5.05. The number of anilines is 1. The Labute approximate surface area is 128 Å². The van der Waals surface area contributed by atoms with Crippen LogP contribution in [0.3, 0.4) is 0 Å². The molecule has 1 N–H and O–H groups in total. The predicted molar refractivity (Wildman–Crippen MR) is 80.0 cm³/mol. The molecule has 0 bridgehead atoms. The first-order valence-electron chi connectivity index (χ1n) is 5.62. The third kappa shape index (κ3) is 2.49. The number of nitrogens with zero attached hydrogens (tertiary/aromatic N) is 3. The van der Waals surface area contributed by atoms with Crippen LogP contribution < -0.4 is 5.32 Å². The van der Waals surface area contributed by atoms with Crippen molar-refractivity contribution in [1.29, 1.82) is 0 Å². The number of benzene rings is 1. The maximum Gasteiger partial charge on any atom is 0.276 e. The molecule has 3 rings (SSSR count). The van der Waals surface area contributed by atoms with E-state index in [4.69, 9.17) is 23.2 Å². The van der Waals surface area contributed by atoms with Gasteiger partial charge >= 0.3 is 0 Å². The Morgan fingerprint density at radius 3 is 2.95 bits per heavy atom. The van der Waals surface area contributed by atoms with Crippen molar-refractivity contribution in [1.82, 2.24) is 14.6 Å². The van der Waals surface area contributed by atoms with Gasteiger partial charge in [-0.3, -0.25) is 4.79 Å². The quantitative estimate of drug-likeness (QED) is 0.781. The minimum absolute atomic E-state index is 0.278. The molecule has 3 aromatic rings. The van der Waals surface area contributed by atoms with Gasteiger partial charge in [-0.05, 0) is 25.1 Å². The van der Waals surface area contributed by atoms with Crippen LogP contribution in [-0.4, -0.2) is 20.5 Å². The average Bonchev–Trinajstić information content (AvgIpc) is 2.91. The van der Waals surface area contributed by atoms with Gasteiger partial charge < -0.3 is 5.32 Å². The molecule has 0 saturated carbocycles. The van der Waals surface area contributed by atoms with E-state index in [9.17, 15) is 4.79 Å². The number of nitrogens with one attached hydrogen (secondary N) is 1. The maximum absolute atomic E-state index is 12.1. The van der Waals surface area contributed by atoms with Gasteiger partial charge in [0.2, 0.25) is 4.96 Å². The summed E-state index contributed by atoms with van der Waals surface area (Å²) in [5.41, 5.74) is 0.726. The van der Waals surface area contributed by atoms with E-state index in [0.29, 0.717) is 20.7 Å². The minimum atomic E-state index is -0.357. The Bertz CT molecular complexity index is 780. The summed E-state index contributed by atoms with van der Waals surface area (Å²) >= 11 is 13.3. The van der Waals surface area contributed by atoms with Gasteiger partial charge in [0.1, 0.15) is 10.7 Å². The lowest BCUT2D eigenvalue weighted by atomic mass is 10.3. The second-order valence-corrected chi connectivity index (χ2v) is 6.06. The summed E-state index contributed by atoms with van der Waals surface area (Å²) in [7, 11) is 0. The van der Waals surface area contributed by atoms with Gasteiger partial charge in [-0.15, -0.1) is 0 Å². The number of halogens is 2.